The predicted molar refractivity (Wildman–Crippen MR) is 147 cm³/mol. The molecule has 0 bridgehead atoms. The minimum absolute atomic E-state index is 0.0499. The largest absolute Gasteiger partial charge is 0.472 e. The number of allylic oxidation sites excluding steroid dienone is 10. The zero-order valence-electron chi connectivity index (χ0n) is 21.8. The quantitative estimate of drug-likeness (QED) is 0.0676. The lowest BCUT2D eigenvalue weighted by atomic mass is 10.2. The topological polar surface area (TPSA) is 149 Å². The van der Waals surface area contributed by atoms with E-state index in [9.17, 15) is 24.5 Å². The van der Waals surface area contributed by atoms with Crippen molar-refractivity contribution in [2.45, 2.75) is 64.1 Å². The predicted octanol–water partition coefficient (Wildman–Crippen LogP) is 4.43. The molecule has 3 atom stereocenters. The fourth-order valence-electron chi connectivity index (χ4n) is 2.62. The highest BCUT2D eigenvalue weighted by molar-refractivity contribution is 7.47. The molecule has 2 unspecified atom stereocenters. The summed E-state index contributed by atoms with van der Waals surface area (Å²) in [7, 11) is -4.30. The van der Waals surface area contributed by atoms with Gasteiger partial charge in [0.1, 0.15) is 6.10 Å². The molecule has 0 spiro atoms. The minimum Gasteiger partial charge on any atom is -0.457 e. The smallest absolute Gasteiger partial charge is 0.457 e. The second-order valence-electron chi connectivity index (χ2n) is 7.84. The molecule has 0 amide bonds. The van der Waals surface area contributed by atoms with Gasteiger partial charge in [0.2, 0.25) is 0 Å². The number of ether oxygens (including phenoxy) is 1. The molecule has 5 N–H and O–H groups in total. The van der Waals surface area contributed by atoms with Crippen LogP contribution in [0.3, 0.4) is 0 Å². The summed E-state index contributed by atoms with van der Waals surface area (Å²) in [5.41, 5.74) is 5.18. The Labute approximate surface area is 221 Å². The second-order valence-corrected chi connectivity index (χ2v) is 9.29. The molecule has 10 heteroatoms. The van der Waals surface area contributed by atoms with E-state index in [2.05, 4.69) is 34.2 Å². The second kappa shape index (κ2) is 24.2. The summed E-state index contributed by atoms with van der Waals surface area (Å²) in [5, 5.41) is 19.0. The fourth-order valence-corrected chi connectivity index (χ4v) is 3.38. The average Bonchev–Trinajstić information content (AvgIpc) is 2.87. The van der Waals surface area contributed by atoms with Crippen LogP contribution in [0.15, 0.2) is 72.9 Å². The molecule has 9 nitrogen and oxygen atoms in total. The molecule has 0 saturated carbocycles. The van der Waals surface area contributed by atoms with Gasteiger partial charge in [-0.1, -0.05) is 79.8 Å². The lowest BCUT2D eigenvalue weighted by Crippen LogP contribution is -2.27. The van der Waals surface area contributed by atoms with Crippen LogP contribution >= 0.6 is 7.82 Å². The van der Waals surface area contributed by atoms with Crippen molar-refractivity contribution in [3.63, 3.8) is 0 Å². The monoisotopic (exact) mass is 541 g/mol. The number of hydrogen-bond donors (Lipinski definition) is 4. The Morgan fingerprint density at radius 2 is 1.59 bits per heavy atom. The highest BCUT2D eigenvalue weighted by Gasteiger charge is 2.24. The maximum Gasteiger partial charge on any atom is 0.472 e. The zero-order chi connectivity index (χ0) is 27.6. The first-order valence-electron chi connectivity index (χ1n) is 12.6. The number of nitrogens with two attached hydrogens (primary N) is 1. The van der Waals surface area contributed by atoms with E-state index in [1.807, 2.05) is 48.6 Å². The van der Waals surface area contributed by atoms with Gasteiger partial charge in [0, 0.05) is 13.0 Å². The number of carbonyl (C=O) groups is 1. The van der Waals surface area contributed by atoms with E-state index in [-0.39, 0.29) is 19.6 Å². The summed E-state index contributed by atoms with van der Waals surface area (Å²) in [5.74, 6) is -0.548. The summed E-state index contributed by atoms with van der Waals surface area (Å²) >= 11 is 0. The van der Waals surface area contributed by atoms with Crippen LogP contribution in [0, 0.1) is 0 Å². The molecule has 0 rings (SSSR count). The highest BCUT2D eigenvalue weighted by atomic mass is 31.2. The molecular formula is C27H44NO8P. The first-order chi connectivity index (χ1) is 17.8. The molecule has 0 aliphatic heterocycles. The first kappa shape index (κ1) is 34.9. The van der Waals surface area contributed by atoms with Crippen molar-refractivity contribution < 1.29 is 38.3 Å². The Morgan fingerprint density at radius 1 is 0.946 bits per heavy atom. The van der Waals surface area contributed by atoms with Gasteiger partial charge >= 0.3 is 13.8 Å². The normalized spacial score (nSPS) is 16.1. The number of hydrogen-bond acceptors (Lipinski definition) is 8. The Bertz CT molecular complexity index is 804. The van der Waals surface area contributed by atoms with Gasteiger partial charge in [-0.3, -0.25) is 13.8 Å². The third-order valence-corrected chi connectivity index (χ3v) is 5.47. The highest BCUT2D eigenvalue weighted by Crippen LogP contribution is 2.42. The van der Waals surface area contributed by atoms with Crippen LogP contribution < -0.4 is 5.73 Å². The molecular weight excluding hydrogens is 497 g/mol. The van der Waals surface area contributed by atoms with Crippen LogP contribution in [0.2, 0.25) is 0 Å². The lowest BCUT2D eigenvalue weighted by Gasteiger charge is -2.17. The maximum absolute atomic E-state index is 11.9. The number of phosphoric ester groups is 1. The van der Waals surface area contributed by atoms with Crippen LogP contribution in [0.5, 0.6) is 0 Å². The standard InChI is InChI=1S/C27H44NO8P/c1-2-3-15-18-25(30)19-16-13-11-9-7-5-4-6-8-10-12-14-17-20-27(31)36-26(23-29)24-35-37(32,33)34-22-21-28/h3,5-8,11-16,19,25-26,29-30H,2,4,9-10,17-18,20-24,28H2,1H3,(H,32,33)/b7-5-,8-6-,13-11-,14-12+,15-3-,19-16-/t25?,26-/m1/s1. The van der Waals surface area contributed by atoms with Crippen molar-refractivity contribution in [1.82, 2.24) is 0 Å². The van der Waals surface area contributed by atoms with Gasteiger partial charge in [-0.25, -0.2) is 4.57 Å². The third-order valence-electron chi connectivity index (χ3n) is 4.49. The average molecular weight is 542 g/mol. The van der Waals surface area contributed by atoms with Crippen LogP contribution in [-0.4, -0.2) is 59.6 Å². The van der Waals surface area contributed by atoms with E-state index in [0.29, 0.717) is 12.8 Å². The van der Waals surface area contributed by atoms with Crippen molar-refractivity contribution in [3.8, 4) is 0 Å². The van der Waals surface area contributed by atoms with Crippen molar-refractivity contribution >= 4 is 13.8 Å². The van der Waals surface area contributed by atoms with Crippen molar-refractivity contribution in [1.29, 1.82) is 0 Å². The number of rotatable bonds is 22. The summed E-state index contributed by atoms with van der Waals surface area (Å²) in [6.07, 6.45) is 26.8. The van der Waals surface area contributed by atoms with Gasteiger partial charge in [0.05, 0.1) is 25.9 Å². The number of aliphatic hydroxyl groups is 2. The molecule has 37 heavy (non-hydrogen) atoms. The Hall–Kier alpha value is -2.10. The van der Waals surface area contributed by atoms with E-state index in [0.717, 1.165) is 25.7 Å². The van der Waals surface area contributed by atoms with E-state index in [1.54, 1.807) is 6.08 Å². The summed E-state index contributed by atoms with van der Waals surface area (Å²) in [4.78, 5) is 21.3. The van der Waals surface area contributed by atoms with Gasteiger partial charge in [0.25, 0.3) is 0 Å². The molecule has 0 aromatic rings. The SMILES string of the molecule is CC/C=C\CC(O)/C=C\C=C/C/C=C\C/C=C\C/C=C/CCC(=O)O[C@H](CO)COP(=O)(O)OCCN. The fraction of sp³-hybridized carbons (Fsp3) is 0.519. The number of carbonyl (C=O) groups excluding carboxylic acids is 1. The number of phosphoric acid groups is 1. The minimum atomic E-state index is -4.30. The van der Waals surface area contributed by atoms with E-state index in [1.165, 1.54) is 0 Å². The number of esters is 1. The summed E-state index contributed by atoms with van der Waals surface area (Å²) in [6, 6.07) is 0. The Morgan fingerprint density at radius 3 is 2.22 bits per heavy atom. The molecule has 0 heterocycles. The lowest BCUT2D eigenvalue weighted by molar-refractivity contribution is -0.153. The Kier molecular flexibility index (Phi) is 22.9. The van der Waals surface area contributed by atoms with Crippen LogP contribution in [0.25, 0.3) is 0 Å². The zero-order valence-corrected chi connectivity index (χ0v) is 22.7. The third kappa shape index (κ3) is 24.0. The van der Waals surface area contributed by atoms with Crippen LogP contribution in [0.4, 0.5) is 0 Å². The molecule has 0 fully saturated rings. The summed E-state index contributed by atoms with van der Waals surface area (Å²) < 4.78 is 25.8. The van der Waals surface area contributed by atoms with Crippen LogP contribution in [0.1, 0.15) is 51.9 Å². The maximum atomic E-state index is 11.9. The van der Waals surface area contributed by atoms with Gasteiger partial charge in [0.15, 0.2) is 0 Å². The first-order valence-corrected chi connectivity index (χ1v) is 14.1. The van der Waals surface area contributed by atoms with E-state index >= 15 is 0 Å². The molecule has 0 radical (unpaired) electrons. The van der Waals surface area contributed by atoms with Crippen molar-refractivity contribution in [3.05, 3.63) is 72.9 Å². The van der Waals surface area contributed by atoms with Crippen molar-refractivity contribution in [2.75, 3.05) is 26.4 Å². The molecule has 210 valence electrons. The molecule has 0 aliphatic rings. The Balaban J connectivity index is 3.94. The molecule has 0 saturated heterocycles. The van der Waals surface area contributed by atoms with E-state index < -0.39 is 39.2 Å². The van der Waals surface area contributed by atoms with E-state index in [4.69, 9.17) is 10.5 Å². The van der Waals surface area contributed by atoms with Gasteiger partial charge in [-0.15, -0.1) is 0 Å². The van der Waals surface area contributed by atoms with Crippen LogP contribution in [-0.2, 0) is 23.1 Å². The van der Waals surface area contributed by atoms with Gasteiger partial charge < -0.3 is 25.6 Å². The van der Waals surface area contributed by atoms with Gasteiger partial charge in [-0.2, -0.15) is 0 Å². The van der Waals surface area contributed by atoms with Gasteiger partial charge in [-0.05, 0) is 38.5 Å². The summed E-state index contributed by atoms with van der Waals surface area (Å²) in [6.45, 7) is 0.939. The molecule has 0 aliphatic carbocycles. The van der Waals surface area contributed by atoms with Crippen molar-refractivity contribution in [2.24, 2.45) is 5.73 Å². The molecule has 0 aromatic carbocycles. The molecule has 0 aromatic heterocycles. The number of aliphatic hydroxyl groups excluding tert-OH is 2.